The second kappa shape index (κ2) is 25.4. The number of carbonyl (C=O) groups excluding carboxylic acids is 4. The van der Waals surface area contributed by atoms with Gasteiger partial charge in [0.05, 0.1) is 6.04 Å². The Labute approximate surface area is 420 Å². The Balaban J connectivity index is 0.000000158. The summed E-state index contributed by atoms with van der Waals surface area (Å²) in [6.07, 6.45) is 12.3. The molecular weight excluding hydrogens is 908 g/mol. The first kappa shape index (κ1) is 50.0. The SMILES string of the molecule is O=C(Cl)C1CCCN1C(=O)OCc1ccccc1.O=C(c1c[nH]c2ccc(CCCc3ccccc3)cc12)[C@H]1CCCN1C(=O)OCc1ccccc1.c1ccc(CCCc2ccc3[nH]ccc3c2)cc1. The average Bonchev–Trinajstić information content (AvgIpc) is 4.27. The Bertz CT molecular complexity index is 2960. The molecule has 2 fully saturated rings. The lowest BCUT2D eigenvalue weighted by molar-refractivity contribution is -0.115. The number of benzene rings is 6. The van der Waals surface area contributed by atoms with E-state index in [1.807, 2.05) is 79.0 Å². The minimum atomic E-state index is -0.532. The molecule has 0 aliphatic carbocycles. The van der Waals surface area contributed by atoms with Crippen molar-refractivity contribution in [1.82, 2.24) is 19.8 Å². The fraction of sp³-hybridized carbons (Fsp3) is 0.267. The number of ether oxygens (including phenoxy) is 2. The summed E-state index contributed by atoms with van der Waals surface area (Å²) in [5, 5.41) is 1.74. The van der Waals surface area contributed by atoms with E-state index in [1.165, 1.54) is 44.5 Å². The summed E-state index contributed by atoms with van der Waals surface area (Å²) >= 11 is 5.45. The third-order valence-electron chi connectivity index (χ3n) is 13.1. The highest BCUT2D eigenvalue weighted by Crippen LogP contribution is 2.28. The van der Waals surface area contributed by atoms with Crippen LogP contribution in [-0.4, -0.2) is 68.2 Å². The van der Waals surface area contributed by atoms with Gasteiger partial charge in [0.25, 0.3) is 0 Å². The van der Waals surface area contributed by atoms with Crippen molar-refractivity contribution in [3.63, 3.8) is 0 Å². The van der Waals surface area contributed by atoms with Gasteiger partial charge in [0, 0.05) is 47.5 Å². The number of amides is 2. The third kappa shape index (κ3) is 14.1. The molecule has 8 aromatic rings. The smallest absolute Gasteiger partial charge is 0.410 e. The van der Waals surface area contributed by atoms with Gasteiger partial charge in [-0.15, -0.1) is 0 Å². The van der Waals surface area contributed by atoms with Crippen LogP contribution < -0.4 is 0 Å². The molecule has 2 amide bonds. The summed E-state index contributed by atoms with van der Waals surface area (Å²) in [5.41, 5.74) is 10.1. The van der Waals surface area contributed by atoms with Crippen LogP contribution in [-0.2, 0) is 53.2 Å². The van der Waals surface area contributed by atoms with E-state index < -0.39 is 29.5 Å². The fourth-order valence-electron chi connectivity index (χ4n) is 9.33. The molecule has 0 spiro atoms. The van der Waals surface area contributed by atoms with Crippen LogP contribution >= 0.6 is 11.6 Å². The highest BCUT2D eigenvalue weighted by atomic mass is 35.5. The van der Waals surface area contributed by atoms with Crippen LogP contribution in [0.25, 0.3) is 21.8 Å². The maximum Gasteiger partial charge on any atom is 0.410 e. The predicted molar refractivity (Wildman–Crippen MR) is 281 cm³/mol. The van der Waals surface area contributed by atoms with Crippen LogP contribution in [0, 0.1) is 0 Å². The molecule has 2 aliphatic rings. The summed E-state index contributed by atoms with van der Waals surface area (Å²) in [6, 6.07) is 54.3. The van der Waals surface area contributed by atoms with E-state index in [1.54, 1.807) is 11.1 Å². The Morgan fingerprint density at radius 2 is 0.972 bits per heavy atom. The number of aromatic nitrogens is 2. The van der Waals surface area contributed by atoms with Crippen molar-refractivity contribution in [2.75, 3.05) is 13.1 Å². The molecule has 0 saturated carbocycles. The first-order valence-electron chi connectivity index (χ1n) is 24.7. The number of nitrogens with zero attached hydrogens (tertiary/aromatic N) is 2. The van der Waals surface area contributed by atoms with Crippen molar-refractivity contribution >= 4 is 56.6 Å². The van der Waals surface area contributed by atoms with Crippen LogP contribution in [0.5, 0.6) is 0 Å². The molecule has 71 heavy (non-hydrogen) atoms. The number of Topliss-reactive ketones (excluding diaryl/α,β-unsaturated/α-hetero) is 1. The van der Waals surface area contributed by atoms with Crippen LogP contribution in [0.1, 0.15) is 82.3 Å². The molecule has 2 aliphatic heterocycles. The topological polar surface area (TPSA) is 125 Å². The zero-order valence-corrected chi connectivity index (χ0v) is 40.8. The van der Waals surface area contributed by atoms with Gasteiger partial charge in [-0.1, -0.05) is 133 Å². The van der Waals surface area contributed by atoms with Crippen molar-refractivity contribution in [2.45, 2.75) is 89.5 Å². The zero-order valence-electron chi connectivity index (χ0n) is 40.0. The van der Waals surface area contributed by atoms with Gasteiger partial charge in [-0.2, -0.15) is 0 Å². The van der Waals surface area contributed by atoms with Crippen molar-refractivity contribution in [2.24, 2.45) is 0 Å². The fourth-order valence-corrected chi connectivity index (χ4v) is 9.56. The number of ketones is 1. The number of carbonyl (C=O) groups is 4. The quantitative estimate of drug-likeness (QED) is 0.0779. The lowest BCUT2D eigenvalue weighted by atomic mass is 9.98. The van der Waals surface area contributed by atoms with E-state index >= 15 is 0 Å². The zero-order chi connectivity index (χ0) is 49.2. The average molecular weight is 970 g/mol. The van der Waals surface area contributed by atoms with Crippen LogP contribution in [0.15, 0.2) is 176 Å². The van der Waals surface area contributed by atoms with E-state index in [9.17, 15) is 19.2 Å². The minimum Gasteiger partial charge on any atom is -0.445 e. The van der Waals surface area contributed by atoms with Crippen LogP contribution in [0.4, 0.5) is 9.59 Å². The molecule has 2 atom stereocenters. The largest absolute Gasteiger partial charge is 0.445 e. The van der Waals surface area contributed by atoms with E-state index in [0.717, 1.165) is 67.0 Å². The van der Waals surface area contributed by atoms with Crippen molar-refractivity contribution < 1.29 is 28.7 Å². The van der Waals surface area contributed by atoms with Gasteiger partial charge >= 0.3 is 12.2 Å². The Morgan fingerprint density at radius 1 is 0.507 bits per heavy atom. The molecule has 6 aromatic carbocycles. The number of aromatic amines is 2. The summed E-state index contributed by atoms with van der Waals surface area (Å²) < 4.78 is 10.7. The highest BCUT2D eigenvalue weighted by molar-refractivity contribution is 6.64. The van der Waals surface area contributed by atoms with Crippen molar-refractivity contribution in [3.8, 4) is 0 Å². The Kier molecular flexibility index (Phi) is 17.9. The van der Waals surface area contributed by atoms with Gasteiger partial charge in [0.2, 0.25) is 5.24 Å². The van der Waals surface area contributed by atoms with Gasteiger partial charge in [-0.3, -0.25) is 19.4 Å². The van der Waals surface area contributed by atoms with Gasteiger partial charge in [-0.05, 0) is 145 Å². The van der Waals surface area contributed by atoms with E-state index in [0.29, 0.717) is 31.5 Å². The summed E-state index contributed by atoms with van der Waals surface area (Å²) in [5.74, 6) is -0.0214. The van der Waals surface area contributed by atoms with E-state index in [-0.39, 0.29) is 19.0 Å². The van der Waals surface area contributed by atoms with Gasteiger partial charge in [0.1, 0.15) is 19.3 Å². The number of H-pyrrole nitrogens is 2. The second-order valence-corrected chi connectivity index (χ2v) is 18.5. The summed E-state index contributed by atoms with van der Waals surface area (Å²) in [6.45, 7) is 1.48. The first-order chi connectivity index (χ1) is 34.8. The highest BCUT2D eigenvalue weighted by Gasteiger charge is 2.37. The normalized spacial score (nSPS) is 15.1. The number of likely N-dealkylation sites (tertiary alicyclic amines) is 2. The number of hydrogen-bond acceptors (Lipinski definition) is 6. The minimum absolute atomic E-state index is 0.0214. The lowest BCUT2D eigenvalue weighted by Gasteiger charge is -2.23. The molecule has 2 saturated heterocycles. The monoisotopic (exact) mass is 968 g/mol. The number of fused-ring (bicyclic) bond motifs is 2. The summed E-state index contributed by atoms with van der Waals surface area (Å²) in [4.78, 5) is 58.8. The van der Waals surface area contributed by atoms with Crippen LogP contribution in [0.3, 0.4) is 0 Å². The Hall–Kier alpha value is -7.43. The summed E-state index contributed by atoms with van der Waals surface area (Å²) in [7, 11) is 0. The van der Waals surface area contributed by atoms with E-state index in [2.05, 4.69) is 101 Å². The molecule has 2 N–H and O–H groups in total. The maximum atomic E-state index is 13.6. The molecule has 0 radical (unpaired) electrons. The van der Waals surface area contributed by atoms with Crippen molar-refractivity contribution in [1.29, 1.82) is 0 Å². The molecule has 11 heteroatoms. The molecule has 2 aromatic heterocycles. The predicted octanol–water partition coefficient (Wildman–Crippen LogP) is 13.2. The number of hydrogen-bond donors (Lipinski definition) is 2. The second-order valence-electron chi connectivity index (χ2n) is 18.1. The van der Waals surface area contributed by atoms with Gasteiger partial charge < -0.3 is 19.4 Å². The third-order valence-corrected chi connectivity index (χ3v) is 13.4. The molecule has 0 bridgehead atoms. The molecule has 364 valence electrons. The molecule has 4 heterocycles. The number of nitrogens with one attached hydrogen (secondary N) is 2. The van der Waals surface area contributed by atoms with Gasteiger partial charge in [-0.25, -0.2) is 9.59 Å². The molecule has 1 unspecified atom stereocenters. The standard InChI is InChI=1S/C30H30N2O3.C17H17N.C13H14ClNO3/c33-29(28-15-8-18-32(28)30(34)35-21-24-11-5-2-6-12-24)26-20-31-27-17-16-23(19-25(26)27)14-7-13-22-9-3-1-4-10-22;1-2-5-14(6-3-1)7-4-8-15-9-10-17-16(13-15)11-12-18-17;14-12(16)11-7-4-8-15(11)13(17)18-9-10-5-2-1-3-6-10/h1-6,9-12,16-17,19-20,28,31H,7-8,13-15,18,21H2;1-3,5-6,9-13,18H,4,7-8H2;1-3,5-6,11H,4,7-9H2/t28-;;/m1../s1. The van der Waals surface area contributed by atoms with Gasteiger partial charge in [0.15, 0.2) is 5.78 Å². The number of halogens is 1. The number of rotatable bonds is 15. The van der Waals surface area contributed by atoms with Crippen molar-refractivity contribution in [3.05, 3.63) is 215 Å². The Morgan fingerprint density at radius 3 is 1.51 bits per heavy atom. The molecular formula is C60H61ClN4O6. The number of aryl methyl sites for hydroxylation is 4. The molecule has 10 rings (SSSR count). The maximum absolute atomic E-state index is 13.6. The van der Waals surface area contributed by atoms with E-state index in [4.69, 9.17) is 21.1 Å². The lowest BCUT2D eigenvalue weighted by Crippen LogP contribution is -2.40. The van der Waals surface area contributed by atoms with Crippen LogP contribution in [0.2, 0.25) is 0 Å². The molecule has 10 nitrogen and oxygen atoms in total. The first-order valence-corrected chi connectivity index (χ1v) is 25.1.